The van der Waals surface area contributed by atoms with Gasteiger partial charge in [0.2, 0.25) is 0 Å². The van der Waals surface area contributed by atoms with Crippen molar-refractivity contribution in [2.24, 2.45) is 0 Å². The average Bonchev–Trinajstić information content (AvgIpc) is 3.51. The minimum atomic E-state index is 0.786. The molecule has 7 heteroatoms. The monoisotopic (exact) mass is 415 g/mol. The highest BCUT2D eigenvalue weighted by molar-refractivity contribution is 5.78. The van der Waals surface area contributed by atoms with E-state index in [9.17, 15) is 0 Å². The van der Waals surface area contributed by atoms with E-state index in [4.69, 9.17) is 4.98 Å². The molecule has 5 aromatic heterocycles. The molecule has 1 aromatic carbocycles. The molecule has 6 aromatic rings. The second-order valence-corrected chi connectivity index (χ2v) is 7.28. The van der Waals surface area contributed by atoms with E-state index in [0.717, 1.165) is 45.2 Å². The Morgan fingerprint density at radius 2 is 1.50 bits per heavy atom. The first-order valence-corrected chi connectivity index (χ1v) is 10.2. The van der Waals surface area contributed by atoms with Crippen LogP contribution in [0.1, 0.15) is 0 Å². The van der Waals surface area contributed by atoms with Gasteiger partial charge in [0.05, 0.1) is 23.8 Å². The quantitative estimate of drug-likeness (QED) is 0.416. The first-order valence-electron chi connectivity index (χ1n) is 10.2. The number of hydrogen-bond acceptors (Lipinski definition) is 5. The lowest BCUT2D eigenvalue weighted by atomic mass is 10.2. The fraction of sp³-hybridized carbons (Fsp3) is 0. The maximum Gasteiger partial charge on any atom is 0.145 e. The Labute approximate surface area is 183 Å². The number of pyridine rings is 2. The van der Waals surface area contributed by atoms with Gasteiger partial charge >= 0.3 is 0 Å². The maximum absolute atomic E-state index is 4.90. The third-order valence-corrected chi connectivity index (χ3v) is 5.31. The molecule has 0 aliphatic rings. The minimum absolute atomic E-state index is 0.786. The van der Waals surface area contributed by atoms with E-state index in [2.05, 4.69) is 60.9 Å². The van der Waals surface area contributed by atoms with Gasteiger partial charge in [-0.1, -0.05) is 6.07 Å². The first-order chi connectivity index (χ1) is 15.9. The molecule has 0 bridgehead atoms. The standard InChI is InChI=1S/C25H17N7/c1-2-11-28-22(5-1)23-16-32(21-14-26-17-27-15-21)25(30-23)19-6-8-20(9-7-19)31-13-10-18-4-3-12-29-24(18)31/h1-17H. The molecule has 152 valence electrons. The molecule has 0 aliphatic heterocycles. The summed E-state index contributed by atoms with van der Waals surface area (Å²) in [6.07, 6.45) is 12.6. The summed E-state index contributed by atoms with van der Waals surface area (Å²) < 4.78 is 4.07. The lowest BCUT2D eigenvalue weighted by molar-refractivity contribution is 1.01. The lowest BCUT2D eigenvalue weighted by Gasteiger charge is -2.09. The van der Waals surface area contributed by atoms with Crippen LogP contribution in [0.25, 0.3) is 45.2 Å². The summed E-state index contributed by atoms with van der Waals surface area (Å²) in [4.78, 5) is 22.2. The van der Waals surface area contributed by atoms with Crippen molar-refractivity contribution in [1.82, 2.24) is 34.1 Å². The molecule has 0 fully saturated rings. The summed E-state index contributed by atoms with van der Waals surface area (Å²) in [6.45, 7) is 0. The molecule has 0 amide bonds. The molecule has 0 saturated carbocycles. The van der Waals surface area contributed by atoms with Crippen molar-refractivity contribution in [3.8, 4) is 34.2 Å². The molecular weight excluding hydrogens is 398 g/mol. The molecule has 0 unspecified atom stereocenters. The predicted molar refractivity (Wildman–Crippen MR) is 122 cm³/mol. The van der Waals surface area contributed by atoms with Crippen molar-refractivity contribution in [3.05, 3.63) is 104 Å². The van der Waals surface area contributed by atoms with Crippen LogP contribution in [-0.4, -0.2) is 34.1 Å². The van der Waals surface area contributed by atoms with E-state index in [0.29, 0.717) is 0 Å². The van der Waals surface area contributed by atoms with Crippen molar-refractivity contribution >= 4 is 11.0 Å². The Morgan fingerprint density at radius 1 is 0.656 bits per heavy atom. The Balaban J connectivity index is 1.45. The van der Waals surface area contributed by atoms with Crippen molar-refractivity contribution < 1.29 is 0 Å². The molecule has 0 aliphatic carbocycles. The summed E-state index contributed by atoms with van der Waals surface area (Å²) in [5.74, 6) is 0.794. The van der Waals surface area contributed by atoms with Crippen LogP contribution in [0.3, 0.4) is 0 Å². The molecule has 0 spiro atoms. The van der Waals surface area contributed by atoms with E-state index >= 15 is 0 Å². The summed E-state index contributed by atoms with van der Waals surface area (Å²) in [6, 6.07) is 20.1. The Hall–Kier alpha value is -4.65. The topological polar surface area (TPSA) is 74.3 Å². The number of hydrogen-bond donors (Lipinski definition) is 0. The van der Waals surface area contributed by atoms with Gasteiger partial charge < -0.3 is 4.57 Å². The van der Waals surface area contributed by atoms with Gasteiger partial charge in [0.15, 0.2) is 0 Å². The van der Waals surface area contributed by atoms with E-state index in [1.165, 1.54) is 6.33 Å². The van der Waals surface area contributed by atoms with Crippen molar-refractivity contribution in [1.29, 1.82) is 0 Å². The SMILES string of the molecule is c1ccc(-c2cn(-c3cncnc3)c(-c3ccc(-n4ccc5cccnc54)cc3)n2)nc1. The summed E-state index contributed by atoms with van der Waals surface area (Å²) in [5.41, 5.74) is 5.38. The van der Waals surface area contributed by atoms with Gasteiger partial charge in [-0.2, -0.15) is 0 Å². The van der Waals surface area contributed by atoms with Gasteiger partial charge in [0.25, 0.3) is 0 Å². The van der Waals surface area contributed by atoms with Crippen LogP contribution >= 0.6 is 0 Å². The van der Waals surface area contributed by atoms with Gasteiger partial charge in [-0.15, -0.1) is 0 Å². The van der Waals surface area contributed by atoms with E-state index in [1.807, 2.05) is 47.4 Å². The second kappa shape index (κ2) is 7.55. The van der Waals surface area contributed by atoms with Gasteiger partial charge in [-0.05, 0) is 54.6 Å². The number of benzene rings is 1. The van der Waals surface area contributed by atoms with Gasteiger partial charge in [0.1, 0.15) is 23.5 Å². The molecule has 6 rings (SSSR count). The zero-order valence-electron chi connectivity index (χ0n) is 16.9. The Kier molecular flexibility index (Phi) is 4.28. The smallest absolute Gasteiger partial charge is 0.145 e. The lowest BCUT2D eigenvalue weighted by Crippen LogP contribution is -1.98. The molecule has 5 heterocycles. The molecule has 32 heavy (non-hydrogen) atoms. The number of aromatic nitrogens is 7. The average molecular weight is 415 g/mol. The fourth-order valence-electron chi connectivity index (χ4n) is 3.78. The van der Waals surface area contributed by atoms with E-state index in [1.54, 1.807) is 18.6 Å². The highest BCUT2D eigenvalue weighted by Gasteiger charge is 2.14. The second-order valence-electron chi connectivity index (χ2n) is 7.28. The van der Waals surface area contributed by atoms with Crippen LogP contribution in [0, 0.1) is 0 Å². The first kappa shape index (κ1) is 18.1. The third-order valence-electron chi connectivity index (χ3n) is 5.31. The van der Waals surface area contributed by atoms with Crippen LogP contribution in [0.2, 0.25) is 0 Å². The summed E-state index contributed by atoms with van der Waals surface area (Å²) >= 11 is 0. The Bertz CT molecular complexity index is 1500. The Morgan fingerprint density at radius 3 is 2.31 bits per heavy atom. The third kappa shape index (κ3) is 3.13. The van der Waals surface area contributed by atoms with Crippen LogP contribution < -0.4 is 0 Å². The number of nitrogens with zero attached hydrogens (tertiary/aromatic N) is 7. The fourth-order valence-corrected chi connectivity index (χ4v) is 3.78. The van der Waals surface area contributed by atoms with Gasteiger partial charge in [-0.3, -0.25) is 9.55 Å². The molecule has 0 saturated heterocycles. The number of rotatable bonds is 4. The predicted octanol–water partition coefficient (Wildman–Crippen LogP) is 4.73. The number of fused-ring (bicyclic) bond motifs is 1. The minimum Gasteiger partial charge on any atom is -0.301 e. The molecule has 7 nitrogen and oxygen atoms in total. The van der Waals surface area contributed by atoms with Crippen molar-refractivity contribution in [3.63, 3.8) is 0 Å². The van der Waals surface area contributed by atoms with Crippen LogP contribution in [0.4, 0.5) is 0 Å². The van der Waals surface area contributed by atoms with Gasteiger partial charge in [0, 0.05) is 41.4 Å². The van der Waals surface area contributed by atoms with Crippen LogP contribution in [0.5, 0.6) is 0 Å². The van der Waals surface area contributed by atoms with Crippen LogP contribution in [-0.2, 0) is 0 Å². The zero-order valence-corrected chi connectivity index (χ0v) is 16.9. The molecule has 0 atom stereocenters. The van der Waals surface area contributed by atoms with Gasteiger partial charge in [-0.25, -0.2) is 19.9 Å². The zero-order chi connectivity index (χ0) is 21.3. The normalized spacial score (nSPS) is 11.1. The molecule has 0 N–H and O–H groups in total. The highest BCUT2D eigenvalue weighted by Crippen LogP contribution is 2.28. The van der Waals surface area contributed by atoms with Crippen molar-refractivity contribution in [2.45, 2.75) is 0 Å². The van der Waals surface area contributed by atoms with Crippen LogP contribution in [0.15, 0.2) is 104 Å². The maximum atomic E-state index is 4.90. The van der Waals surface area contributed by atoms with Crippen molar-refractivity contribution in [2.75, 3.05) is 0 Å². The molecule has 0 radical (unpaired) electrons. The highest BCUT2D eigenvalue weighted by atomic mass is 15.1. The largest absolute Gasteiger partial charge is 0.301 e. The summed E-state index contributed by atoms with van der Waals surface area (Å²) in [7, 11) is 0. The molecular formula is C25H17N7. The van der Waals surface area contributed by atoms with E-state index < -0.39 is 0 Å². The van der Waals surface area contributed by atoms with E-state index in [-0.39, 0.29) is 0 Å². The number of imidazole rings is 1. The summed E-state index contributed by atoms with van der Waals surface area (Å²) in [5, 5.41) is 1.11.